The van der Waals surface area contributed by atoms with Gasteiger partial charge in [0, 0.05) is 23.0 Å². The number of halogens is 1. The maximum atomic E-state index is 12.9. The van der Waals surface area contributed by atoms with Crippen LogP contribution in [0.3, 0.4) is 0 Å². The van der Waals surface area contributed by atoms with E-state index in [4.69, 9.17) is 11.6 Å². The van der Waals surface area contributed by atoms with Crippen LogP contribution in [0, 0.1) is 5.92 Å². The fourth-order valence-electron chi connectivity index (χ4n) is 3.59. The van der Waals surface area contributed by atoms with E-state index in [0.717, 1.165) is 4.90 Å². The molecule has 1 saturated heterocycles. The monoisotopic (exact) mass is 391 g/mol. The summed E-state index contributed by atoms with van der Waals surface area (Å²) in [5, 5.41) is 21.6. The summed E-state index contributed by atoms with van der Waals surface area (Å²) in [7, 11) is 0. The molecule has 1 aliphatic heterocycles. The fourth-order valence-corrected chi connectivity index (χ4v) is 4.12. The van der Waals surface area contributed by atoms with Crippen molar-refractivity contribution in [3.63, 3.8) is 0 Å². The van der Waals surface area contributed by atoms with Gasteiger partial charge in [-0.15, -0.1) is 11.8 Å². The highest BCUT2D eigenvalue weighted by atomic mass is 35.5. The van der Waals surface area contributed by atoms with Gasteiger partial charge in [-0.3, -0.25) is 4.79 Å². The number of benzene rings is 2. The van der Waals surface area contributed by atoms with Crippen LogP contribution in [0.5, 0.6) is 0 Å². The van der Waals surface area contributed by atoms with Gasteiger partial charge in [0.15, 0.2) is 0 Å². The van der Waals surface area contributed by atoms with Crippen LogP contribution in [0.1, 0.15) is 17.5 Å². The third-order valence-corrected chi connectivity index (χ3v) is 5.98. The Bertz CT molecular complexity index is 766. The van der Waals surface area contributed by atoms with E-state index >= 15 is 0 Å². The van der Waals surface area contributed by atoms with E-state index in [-0.39, 0.29) is 19.1 Å². The standard InChI is InChI=1S/C20H22ClNO3S/c1-26-17-8-4-15(5-9-17)20(25,14-2-6-16(21)7-3-14)18-10-11-22(12-13-23)19(18)24/h2-9,18,23,25H,10-13H2,1H3. The lowest BCUT2D eigenvalue weighted by Crippen LogP contribution is -2.42. The number of carbonyl (C=O) groups is 1. The van der Waals surface area contributed by atoms with Crippen LogP contribution in [0.15, 0.2) is 53.4 Å². The van der Waals surface area contributed by atoms with Crippen molar-refractivity contribution in [2.75, 3.05) is 26.0 Å². The number of thioether (sulfide) groups is 1. The molecule has 1 aliphatic rings. The molecular formula is C20H22ClNO3S. The average Bonchev–Trinajstić information content (AvgIpc) is 3.03. The number of likely N-dealkylation sites (tertiary alicyclic amines) is 1. The second-order valence-electron chi connectivity index (χ2n) is 6.39. The molecule has 0 aliphatic carbocycles. The maximum absolute atomic E-state index is 12.9. The van der Waals surface area contributed by atoms with Crippen LogP contribution in [-0.2, 0) is 10.4 Å². The van der Waals surface area contributed by atoms with E-state index in [1.54, 1.807) is 40.9 Å². The van der Waals surface area contributed by atoms with Crippen molar-refractivity contribution in [2.45, 2.75) is 16.9 Å². The zero-order valence-electron chi connectivity index (χ0n) is 14.6. The van der Waals surface area contributed by atoms with Gasteiger partial charge in [0.1, 0.15) is 5.60 Å². The summed E-state index contributed by atoms with van der Waals surface area (Å²) in [4.78, 5) is 15.6. The predicted octanol–water partition coefficient (Wildman–Crippen LogP) is 3.14. The van der Waals surface area contributed by atoms with Gasteiger partial charge in [0.05, 0.1) is 12.5 Å². The highest BCUT2D eigenvalue weighted by Crippen LogP contribution is 2.42. The zero-order valence-corrected chi connectivity index (χ0v) is 16.1. The molecule has 1 fully saturated rings. The van der Waals surface area contributed by atoms with Crippen LogP contribution in [-0.4, -0.2) is 47.0 Å². The number of aliphatic hydroxyl groups excluding tert-OH is 1. The van der Waals surface area contributed by atoms with Crippen LogP contribution in [0.25, 0.3) is 0 Å². The fraction of sp³-hybridized carbons (Fsp3) is 0.350. The van der Waals surface area contributed by atoms with E-state index in [0.29, 0.717) is 29.1 Å². The summed E-state index contributed by atoms with van der Waals surface area (Å²) in [5.41, 5.74) is -0.118. The molecule has 138 valence electrons. The number of nitrogens with zero attached hydrogens (tertiary/aromatic N) is 1. The maximum Gasteiger partial charge on any atom is 0.229 e. The van der Waals surface area contributed by atoms with Crippen molar-refractivity contribution < 1.29 is 15.0 Å². The van der Waals surface area contributed by atoms with Gasteiger partial charge in [0.25, 0.3) is 0 Å². The molecule has 2 aromatic rings. The van der Waals surface area contributed by atoms with Crippen LogP contribution in [0.2, 0.25) is 5.02 Å². The normalized spacial score (nSPS) is 19.6. The van der Waals surface area contributed by atoms with Crippen LogP contribution < -0.4 is 0 Å². The number of hydrogen-bond acceptors (Lipinski definition) is 4. The first-order valence-electron chi connectivity index (χ1n) is 8.53. The number of amides is 1. The molecule has 6 heteroatoms. The van der Waals surface area contributed by atoms with Gasteiger partial charge in [0.2, 0.25) is 5.91 Å². The van der Waals surface area contributed by atoms with E-state index in [1.165, 1.54) is 0 Å². The Balaban J connectivity index is 2.07. The third kappa shape index (κ3) is 3.49. The van der Waals surface area contributed by atoms with E-state index in [1.807, 2.05) is 30.5 Å². The summed E-state index contributed by atoms with van der Waals surface area (Å²) < 4.78 is 0. The second kappa shape index (κ2) is 8.01. The molecule has 4 nitrogen and oxygen atoms in total. The van der Waals surface area contributed by atoms with Gasteiger partial charge >= 0.3 is 0 Å². The Hall–Kier alpha value is -1.53. The first-order valence-corrected chi connectivity index (χ1v) is 10.1. The van der Waals surface area contributed by atoms with E-state index in [9.17, 15) is 15.0 Å². The third-order valence-electron chi connectivity index (χ3n) is 4.99. The molecule has 0 radical (unpaired) electrons. The molecular weight excluding hydrogens is 370 g/mol. The number of carbonyl (C=O) groups excluding carboxylic acids is 1. The summed E-state index contributed by atoms with van der Waals surface area (Å²) >= 11 is 7.64. The lowest BCUT2D eigenvalue weighted by atomic mass is 9.75. The number of hydrogen-bond donors (Lipinski definition) is 2. The molecule has 2 aromatic carbocycles. The Morgan fingerprint density at radius 1 is 1.15 bits per heavy atom. The lowest BCUT2D eigenvalue weighted by molar-refractivity contribution is -0.137. The lowest BCUT2D eigenvalue weighted by Gasteiger charge is -2.34. The molecule has 0 bridgehead atoms. The number of β-amino-alcohol motifs (C(OH)–C–C–N with tert-alkyl or cyclic N) is 1. The van der Waals surface area contributed by atoms with Crippen molar-refractivity contribution in [1.29, 1.82) is 0 Å². The Kier molecular flexibility index (Phi) is 5.92. The predicted molar refractivity (Wildman–Crippen MR) is 104 cm³/mol. The van der Waals surface area contributed by atoms with Crippen molar-refractivity contribution >= 4 is 29.3 Å². The van der Waals surface area contributed by atoms with Crippen molar-refractivity contribution in [2.24, 2.45) is 5.92 Å². The average molecular weight is 392 g/mol. The van der Waals surface area contributed by atoms with E-state index in [2.05, 4.69) is 0 Å². The van der Waals surface area contributed by atoms with Gasteiger partial charge in [-0.25, -0.2) is 0 Å². The van der Waals surface area contributed by atoms with Crippen molar-refractivity contribution in [3.05, 3.63) is 64.7 Å². The Labute approximate surface area is 162 Å². The smallest absolute Gasteiger partial charge is 0.229 e. The molecule has 0 aromatic heterocycles. The summed E-state index contributed by atoms with van der Waals surface area (Å²) in [6.07, 6.45) is 2.52. The molecule has 26 heavy (non-hydrogen) atoms. The molecule has 2 unspecified atom stereocenters. The summed E-state index contributed by atoms with van der Waals surface area (Å²) in [6.45, 7) is 0.737. The molecule has 2 atom stereocenters. The topological polar surface area (TPSA) is 60.8 Å². The molecule has 0 saturated carbocycles. The first kappa shape index (κ1) is 19.2. The molecule has 0 spiro atoms. The summed E-state index contributed by atoms with van der Waals surface area (Å²) in [6, 6.07) is 14.6. The highest BCUT2D eigenvalue weighted by molar-refractivity contribution is 7.98. The quantitative estimate of drug-likeness (QED) is 0.743. The van der Waals surface area contributed by atoms with Crippen LogP contribution >= 0.6 is 23.4 Å². The van der Waals surface area contributed by atoms with Crippen molar-refractivity contribution in [1.82, 2.24) is 4.90 Å². The van der Waals surface area contributed by atoms with Gasteiger partial charge in [-0.05, 0) is 48.1 Å². The molecule has 3 rings (SSSR count). The number of rotatable bonds is 6. The minimum Gasteiger partial charge on any atom is -0.395 e. The van der Waals surface area contributed by atoms with Crippen molar-refractivity contribution in [3.8, 4) is 0 Å². The largest absolute Gasteiger partial charge is 0.395 e. The van der Waals surface area contributed by atoms with E-state index < -0.39 is 11.5 Å². The molecule has 2 N–H and O–H groups in total. The first-order chi connectivity index (χ1) is 12.5. The highest BCUT2D eigenvalue weighted by Gasteiger charge is 2.48. The Morgan fingerprint density at radius 2 is 1.73 bits per heavy atom. The zero-order chi connectivity index (χ0) is 18.7. The van der Waals surface area contributed by atoms with Gasteiger partial charge in [-0.1, -0.05) is 35.9 Å². The van der Waals surface area contributed by atoms with Gasteiger partial charge < -0.3 is 15.1 Å². The minimum atomic E-state index is -1.44. The van der Waals surface area contributed by atoms with Crippen LogP contribution in [0.4, 0.5) is 0 Å². The molecule has 1 amide bonds. The number of aliphatic hydroxyl groups is 2. The summed E-state index contributed by atoms with van der Waals surface area (Å²) in [5.74, 6) is -0.735. The minimum absolute atomic E-state index is 0.0831. The SMILES string of the molecule is CSc1ccc(C(O)(c2ccc(Cl)cc2)C2CCN(CCO)C2=O)cc1. The molecule has 1 heterocycles. The van der Waals surface area contributed by atoms with Gasteiger partial charge in [-0.2, -0.15) is 0 Å². The Morgan fingerprint density at radius 3 is 2.27 bits per heavy atom. The second-order valence-corrected chi connectivity index (χ2v) is 7.71.